The van der Waals surface area contributed by atoms with Crippen LogP contribution in [0.5, 0.6) is 0 Å². The van der Waals surface area contributed by atoms with Gasteiger partial charge in [0.2, 0.25) is 5.76 Å². The second-order valence-electron chi connectivity index (χ2n) is 4.36. The Morgan fingerprint density at radius 3 is 2.67 bits per heavy atom. The number of benzene rings is 1. The molecule has 112 valence electrons. The van der Waals surface area contributed by atoms with Crippen LogP contribution in [0.2, 0.25) is 0 Å². The third-order valence-electron chi connectivity index (χ3n) is 2.98. The maximum absolute atomic E-state index is 13.4. The molecule has 21 heavy (non-hydrogen) atoms. The number of nitrogens with one attached hydrogen (secondary N) is 1. The SMILES string of the molecule is CCNC(c1ccc(F)c(F)c1)c1ccc(C(=O)OC)o1. The van der Waals surface area contributed by atoms with E-state index in [4.69, 9.17) is 4.42 Å². The summed E-state index contributed by atoms with van der Waals surface area (Å²) in [6.45, 7) is 2.45. The molecule has 0 amide bonds. The fourth-order valence-corrected chi connectivity index (χ4v) is 2.00. The number of hydrogen-bond acceptors (Lipinski definition) is 4. The van der Waals surface area contributed by atoms with Crippen molar-refractivity contribution in [2.24, 2.45) is 0 Å². The molecule has 0 fully saturated rings. The molecule has 0 aliphatic heterocycles. The van der Waals surface area contributed by atoms with Gasteiger partial charge in [0.25, 0.3) is 0 Å². The van der Waals surface area contributed by atoms with Gasteiger partial charge in [0.1, 0.15) is 5.76 Å². The number of carbonyl (C=O) groups is 1. The molecule has 1 unspecified atom stereocenters. The van der Waals surface area contributed by atoms with Crippen molar-refractivity contribution in [3.63, 3.8) is 0 Å². The smallest absolute Gasteiger partial charge is 0.373 e. The molecule has 1 atom stereocenters. The number of halogens is 2. The van der Waals surface area contributed by atoms with Crippen LogP contribution in [0.25, 0.3) is 0 Å². The lowest BCUT2D eigenvalue weighted by Gasteiger charge is -2.16. The van der Waals surface area contributed by atoms with E-state index >= 15 is 0 Å². The maximum Gasteiger partial charge on any atom is 0.373 e. The Morgan fingerprint density at radius 2 is 2.05 bits per heavy atom. The minimum Gasteiger partial charge on any atom is -0.463 e. The van der Waals surface area contributed by atoms with Gasteiger partial charge in [-0.25, -0.2) is 13.6 Å². The number of rotatable bonds is 5. The minimum absolute atomic E-state index is 0.0537. The Balaban J connectivity index is 2.36. The molecule has 1 aromatic heterocycles. The molecule has 2 rings (SSSR count). The lowest BCUT2D eigenvalue weighted by atomic mass is 10.0. The molecule has 1 heterocycles. The van der Waals surface area contributed by atoms with Gasteiger partial charge in [-0.3, -0.25) is 0 Å². The van der Waals surface area contributed by atoms with Gasteiger partial charge in [-0.15, -0.1) is 0 Å². The van der Waals surface area contributed by atoms with Crippen molar-refractivity contribution in [2.45, 2.75) is 13.0 Å². The highest BCUT2D eigenvalue weighted by molar-refractivity contribution is 5.86. The molecule has 0 saturated carbocycles. The van der Waals surface area contributed by atoms with Gasteiger partial charge in [-0.05, 0) is 36.4 Å². The number of esters is 1. The third kappa shape index (κ3) is 3.28. The summed E-state index contributed by atoms with van der Waals surface area (Å²) < 4.78 is 36.4. The first-order valence-electron chi connectivity index (χ1n) is 6.43. The summed E-state index contributed by atoms with van der Waals surface area (Å²) in [6, 6.07) is 6.21. The van der Waals surface area contributed by atoms with Crippen LogP contribution in [0.4, 0.5) is 8.78 Å². The number of ether oxygens (including phenoxy) is 1. The Hall–Kier alpha value is -2.21. The number of carbonyl (C=O) groups excluding carboxylic acids is 1. The molecule has 0 radical (unpaired) electrons. The van der Waals surface area contributed by atoms with E-state index < -0.39 is 23.6 Å². The van der Waals surface area contributed by atoms with E-state index in [2.05, 4.69) is 10.1 Å². The van der Waals surface area contributed by atoms with Crippen LogP contribution in [-0.4, -0.2) is 19.6 Å². The fourth-order valence-electron chi connectivity index (χ4n) is 2.00. The van der Waals surface area contributed by atoms with E-state index in [0.29, 0.717) is 17.9 Å². The van der Waals surface area contributed by atoms with Crippen LogP contribution < -0.4 is 5.32 Å². The average Bonchev–Trinajstić information content (AvgIpc) is 2.96. The molecular formula is C15H15F2NO3. The molecule has 0 aliphatic rings. The Bertz CT molecular complexity index is 640. The Morgan fingerprint density at radius 1 is 1.29 bits per heavy atom. The summed E-state index contributed by atoms with van der Waals surface area (Å²) in [5, 5.41) is 3.10. The van der Waals surface area contributed by atoms with E-state index in [-0.39, 0.29) is 5.76 Å². The molecule has 0 spiro atoms. The lowest BCUT2D eigenvalue weighted by molar-refractivity contribution is 0.0562. The van der Waals surface area contributed by atoms with E-state index in [1.54, 1.807) is 6.07 Å². The maximum atomic E-state index is 13.4. The van der Waals surface area contributed by atoms with E-state index in [1.807, 2.05) is 6.92 Å². The molecule has 1 N–H and O–H groups in total. The molecule has 0 bridgehead atoms. The topological polar surface area (TPSA) is 51.5 Å². The summed E-state index contributed by atoms with van der Waals surface area (Å²) in [6.07, 6.45) is 0. The van der Waals surface area contributed by atoms with Crippen molar-refractivity contribution in [1.82, 2.24) is 5.32 Å². The van der Waals surface area contributed by atoms with Crippen LogP contribution in [0.15, 0.2) is 34.7 Å². The van der Waals surface area contributed by atoms with Gasteiger partial charge in [-0.2, -0.15) is 0 Å². The van der Waals surface area contributed by atoms with Crippen molar-refractivity contribution in [1.29, 1.82) is 0 Å². The summed E-state index contributed by atoms with van der Waals surface area (Å²) in [4.78, 5) is 11.4. The minimum atomic E-state index is -0.935. The summed E-state index contributed by atoms with van der Waals surface area (Å²) in [5.41, 5.74) is 0.501. The van der Waals surface area contributed by atoms with E-state index in [0.717, 1.165) is 12.1 Å². The fraction of sp³-hybridized carbons (Fsp3) is 0.267. The molecule has 6 heteroatoms. The van der Waals surface area contributed by atoms with Gasteiger partial charge in [0.15, 0.2) is 11.6 Å². The lowest BCUT2D eigenvalue weighted by Crippen LogP contribution is -2.21. The van der Waals surface area contributed by atoms with Crippen molar-refractivity contribution in [2.75, 3.05) is 13.7 Å². The zero-order chi connectivity index (χ0) is 15.4. The second kappa shape index (κ2) is 6.49. The predicted molar refractivity (Wildman–Crippen MR) is 71.9 cm³/mol. The third-order valence-corrected chi connectivity index (χ3v) is 2.98. The predicted octanol–water partition coefficient (Wildman–Crippen LogP) is 3.04. The molecule has 0 saturated heterocycles. The van der Waals surface area contributed by atoms with E-state index in [9.17, 15) is 13.6 Å². The van der Waals surface area contributed by atoms with Crippen LogP contribution in [0.1, 0.15) is 34.8 Å². The zero-order valence-electron chi connectivity index (χ0n) is 11.7. The average molecular weight is 295 g/mol. The van der Waals surface area contributed by atoms with Gasteiger partial charge < -0.3 is 14.5 Å². The largest absolute Gasteiger partial charge is 0.463 e. The van der Waals surface area contributed by atoms with Crippen LogP contribution in [0.3, 0.4) is 0 Å². The standard InChI is InChI=1S/C15H15F2NO3/c1-3-18-14(9-4-5-10(16)11(17)8-9)12-6-7-13(21-12)15(19)20-2/h4-8,14,18H,3H2,1-2H3. The van der Waals surface area contributed by atoms with Crippen molar-refractivity contribution in [3.8, 4) is 0 Å². The number of hydrogen-bond donors (Lipinski definition) is 1. The van der Waals surface area contributed by atoms with Gasteiger partial charge in [-0.1, -0.05) is 13.0 Å². The van der Waals surface area contributed by atoms with Crippen molar-refractivity contribution < 1.29 is 22.7 Å². The first kappa shape index (κ1) is 15.2. The summed E-state index contributed by atoms with van der Waals surface area (Å²) in [7, 11) is 1.25. The molecule has 0 aliphatic carbocycles. The van der Waals surface area contributed by atoms with Crippen LogP contribution >= 0.6 is 0 Å². The quantitative estimate of drug-likeness (QED) is 0.861. The highest BCUT2D eigenvalue weighted by Crippen LogP contribution is 2.25. The van der Waals surface area contributed by atoms with Crippen LogP contribution in [0, 0.1) is 11.6 Å². The van der Waals surface area contributed by atoms with Gasteiger partial charge in [0.05, 0.1) is 13.2 Å². The number of methoxy groups -OCH3 is 1. The normalized spacial score (nSPS) is 12.2. The Labute approximate surface area is 120 Å². The zero-order valence-corrected chi connectivity index (χ0v) is 11.7. The van der Waals surface area contributed by atoms with Gasteiger partial charge in [0, 0.05) is 0 Å². The highest BCUT2D eigenvalue weighted by atomic mass is 19.2. The van der Waals surface area contributed by atoms with Crippen LogP contribution in [-0.2, 0) is 4.74 Å². The van der Waals surface area contributed by atoms with Crippen molar-refractivity contribution in [3.05, 3.63) is 59.1 Å². The monoisotopic (exact) mass is 295 g/mol. The highest BCUT2D eigenvalue weighted by Gasteiger charge is 2.20. The van der Waals surface area contributed by atoms with Crippen molar-refractivity contribution >= 4 is 5.97 Å². The summed E-state index contributed by atoms with van der Waals surface area (Å²) in [5.74, 6) is -1.97. The first-order valence-corrected chi connectivity index (χ1v) is 6.43. The molecule has 1 aromatic carbocycles. The summed E-state index contributed by atoms with van der Waals surface area (Å²) >= 11 is 0. The molecular weight excluding hydrogens is 280 g/mol. The molecule has 2 aromatic rings. The Kier molecular flexibility index (Phi) is 4.70. The second-order valence-corrected chi connectivity index (χ2v) is 4.36. The number of furan rings is 1. The van der Waals surface area contributed by atoms with E-state index in [1.165, 1.54) is 19.2 Å². The van der Waals surface area contributed by atoms with Gasteiger partial charge >= 0.3 is 5.97 Å². The first-order chi connectivity index (χ1) is 10.1. The molecule has 4 nitrogen and oxygen atoms in total.